The molecule has 2 aromatic rings. The van der Waals surface area contributed by atoms with Gasteiger partial charge in [0.1, 0.15) is 24.9 Å². The van der Waals surface area contributed by atoms with E-state index in [1.807, 2.05) is 12.1 Å². The third kappa shape index (κ3) is 5.20. The molecule has 0 aliphatic carbocycles. The lowest BCUT2D eigenvalue weighted by Crippen LogP contribution is -2.35. The molecule has 1 aromatic carbocycles. The van der Waals surface area contributed by atoms with E-state index in [1.54, 1.807) is 7.11 Å². The van der Waals surface area contributed by atoms with Crippen molar-refractivity contribution in [3.8, 4) is 11.5 Å². The Balaban J connectivity index is 1.66. The second kappa shape index (κ2) is 9.71. The van der Waals surface area contributed by atoms with Gasteiger partial charge in [0.25, 0.3) is 0 Å². The lowest BCUT2D eigenvalue weighted by Gasteiger charge is -2.24. The molecule has 1 fully saturated rings. The van der Waals surface area contributed by atoms with Crippen molar-refractivity contribution in [3.63, 3.8) is 0 Å². The number of methoxy groups -OCH3 is 1. The van der Waals surface area contributed by atoms with E-state index < -0.39 is 0 Å². The molecule has 1 aromatic heterocycles. The van der Waals surface area contributed by atoms with Crippen molar-refractivity contribution >= 4 is 16.7 Å². The average molecular weight is 374 g/mol. The first-order valence-corrected chi connectivity index (χ1v) is 9.76. The molecule has 1 aliphatic rings. The summed E-state index contributed by atoms with van der Waals surface area (Å²) in [4.78, 5) is 10.8. The van der Waals surface area contributed by atoms with Crippen molar-refractivity contribution in [2.75, 3.05) is 45.7 Å². The van der Waals surface area contributed by atoms with Gasteiger partial charge >= 0.3 is 0 Å². The minimum absolute atomic E-state index is 0.0463. The van der Waals surface area contributed by atoms with E-state index in [9.17, 15) is 0 Å². The number of rotatable bonds is 8. The van der Waals surface area contributed by atoms with Gasteiger partial charge in [-0.2, -0.15) is 0 Å². The van der Waals surface area contributed by atoms with Gasteiger partial charge in [0.2, 0.25) is 0 Å². The Morgan fingerprint density at radius 1 is 1.26 bits per heavy atom. The summed E-state index contributed by atoms with van der Waals surface area (Å²) in [7, 11) is 1.62. The summed E-state index contributed by atoms with van der Waals surface area (Å²) in [6.45, 7) is 6.61. The molecule has 1 atom stereocenters. The highest BCUT2D eigenvalue weighted by atomic mass is 16.5. The van der Waals surface area contributed by atoms with Crippen molar-refractivity contribution in [3.05, 3.63) is 18.5 Å². The normalized spacial score (nSPS) is 18.4. The predicted molar refractivity (Wildman–Crippen MR) is 106 cm³/mol. The quantitative estimate of drug-likeness (QED) is 0.711. The van der Waals surface area contributed by atoms with Gasteiger partial charge in [0.05, 0.1) is 12.6 Å². The topological polar surface area (TPSA) is 82.7 Å². The van der Waals surface area contributed by atoms with Crippen LogP contribution in [0.2, 0.25) is 0 Å². The lowest BCUT2D eigenvalue weighted by atomic mass is 10.2. The van der Waals surface area contributed by atoms with E-state index >= 15 is 0 Å². The molecule has 7 nitrogen and oxygen atoms in total. The summed E-state index contributed by atoms with van der Waals surface area (Å²) in [5.74, 6) is 1.70. The fraction of sp³-hybridized carbons (Fsp3) is 0.600. The maximum atomic E-state index is 6.07. The maximum absolute atomic E-state index is 6.07. The molecule has 0 bridgehead atoms. The molecule has 3 rings (SSSR count). The van der Waals surface area contributed by atoms with Crippen LogP contribution in [0.5, 0.6) is 11.5 Å². The highest BCUT2D eigenvalue weighted by Gasteiger charge is 2.20. The van der Waals surface area contributed by atoms with Crippen LogP contribution in [-0.4, -0.2) is 60.9 Å². The number of nitrogens with zero attached hydrogens (tertiary/aromatic N) is 3. The number of hydrogen-bond acceptors (Lipinski definition) is 7. The minimum Gasteiger partial charge on any atom is -0.493 e. The fourth-order valence-corrected chi connectivity index (χ4v) is 3.40. The number of anilines is 1. The van der Waals surface area contributed by atoms with Gasteiger partial charge in [-0.05, 0) is 25.5 Å². The number of nitrogens with two attached hydrogens (primary N) is 1. The van der Waals surface area contributed by atoms with Crippen LogP contribution < -0.4 is 15.2 Å². The van der Waals surface area contributed by atoms with E-state index in [0.717, 1.165) is 43.6 Å². The van der Waals surface area contributed by atoms with Gasteiger partial charge in [-0.3, -0.25) is 0 Å². The molecule has 0 radical (unpaired) electrons. The van der Waals surface area contributed by atoms with Crippen molar-refractivity contribution in [2.24, 2.45) is 0 Å². The Labute approximate surface area is 160 Å². The summed E-state index contributed by atoms with van der Waals surface area (Å²) < 4.78 is 17.5. The van der Waals surface area contributed by atoms with Crippen LogP contribution in [-0.2, 0) is 4.74 Å². The predicted octanol–water partition coefficient (Wildman–Crippen LogP) is 2.88. The Bertz CT molecular complexity index is 740. The lowest BCUT2D eigenvalue weighted by molar-refractivity contribution is 0.0202. The van der Waals surface area contributed by atoms with E-state index in [-0.39, 0.29) is 6.10 Å². The summed E-state index contributed by atoms with van der Waals surface area (Å²) >= 11 is 0. The standard InChI is InChI=1S/C20H30N4O3/c1-3-4-5-7-24-8-6-9-26-15(12-24)13-27-19-11-17-16(10-18(19)25-2)20(21)23-14-22-17/h10-11,14-15H,3-9,12-13H2,1-2H3,(H2,21,22,23). The summed E-state index contributed by atoms with van der Waals surface area (Å²) in [6, 6.07) is 3.67. The van der Waals surface area contributed by atoms with E-state index in [1.165, 1.54) is 25.6 Å². The summed E-state index contributed by atoms with van der Waals surface area (Å²) in [6.07, 6.45) is 6.33. The molecular weight excluding hydrogens is 344 g/mol. The van der Waals surface area contributed by atoms with Crippen molar-refractivity contribution < 1.29 is 14.2 Å². The number of ether oxygens (including phenoxy) is 3. The largest absolute Gasteiger partial charge is 0.493 e. The molecular formula is C20H30N4O3. The monoisotopic (exact) mass is 374 g/mol. The average Bonchev–Trinajstić information content (AvgIpc) is 2.91. The molecule has 0 saturated carbocycles. The molecule has 0 spiro atoms. The molecule has 2 heterocycles. The van der Waals surface area contributed by atoms with Gasteiger partial charge in [0, 0.05) is 31.1 Å². The van der Waals surface area contributed by atoms with E-state index in [0.29, 0.717) is 23.9 Å². The summed E-state index contributed by atoms with van der Waals surface area (Å²) in [5.41, 5.74) is 6.67. The second-order valence-electron chi connectivity index (χ2n) is 6.94. The molecule has 7 heteroatoms. The first kappa shape index (κ1) is 19.6. The molecule has 0 amide bonds. The van der Waals surface area contributed by atoms with Gasteiger partial charge in [-0.1, -0.05) is 19.8 Å². The fourth-order valence-electron chi connectivity index (χ4n) is 3.40. The van der Waals surface area contributed by atoms with E-state index in [4.69, 9.17) is 19.9 Å². The highest BCUT2D eigenvalue weighted by molar-refractivity contribution is 5.90. The van der Waals surface area contributed by atoms with Crippen LogP contribution in [0.3, 0.4) is 0 Å². The van der Waals surface area contributed by atoms with Crippen LogP contribution in [0.15, 0.2) is 18.5 Å². The molecule has 148 valence electrons. The Kier molecular flexibility index (Phi) is 7.06. The van der Waals surface area contributed by atoms with Crippen LogP contribution in [0.25, 0.3) is 10.9 Å². The van der Waals surface area contributed by atoms with Crippen LogP contribution in [0.1, 0.15) is 32.6 Å². The molecule has 1 saturated heterocycles. The zero-order valence-corrected chi connectivity index (χ0v) is 16.3. The number of fused-ring (bicyclic) bond motifs is 1. The Morgan fingerprint density at radius 3 is 2.96 bits per heavy atom. The third-order valence-corrected chi connectivity index (χ3v) is 4.89. The number of unbranched alkanes of at least 4 members (excludes halogenated alkanes) is 2. The zero-order valence-electron chi connectivity index (χ0n) is 16.3. The zero-order chi connectivity index (χ0) is 19.1. The number of nitrogen functional groups attached to an aromatic ring is 1. The van der Waals surface area contributed by atoms with Gasteiger partial charge < -0.3 is 24.8 Å². The molecule has 27 heavy (non-hydrogen) atoms. The van der Waals surface area contributed by atoms with Crippen molar-refractivity contribution in [2.45, 2.75) is 38.7 Å². The van der Waals surface area contributed by atoms with Gasteiger partial charge in [-0.25, -0.2) is 9.97 Å². The smallest absolute Gasteiger partial charge is 0.163 e. The van der Waals surface area contributed by atoms with Gasteiger partial charge in [0.15, 0.2) is 11.5 Å². The third-order valence-electron chi connectivity index (χ3n) is 4.89. The van der Waals surface area contributed by atoms with Gasteiger partial charge in [-0.15, -0.1) is 0 Å². The molecule has 1 aliphatic heterocycles. The van der Waals surface area contributed by atoms with Crippen LogP contribution in [0, 0.1) is 0 Å². The Hall–Kier alpha value is -2.12. The van der Waals surface area contributed by atoms with Crippen LogP contribution in [0.4, 0.5) is 5.82 Å². The SMILES string of the molecule is CCCCCN1CCCOC(COc2cc3ncnc(N)c3cc2OC)C1. The number of benzene rings is 1. The minimum atomic E-state index is 0.0463. The first-order chi connectivity index (χ1) is 13.2. The van der Waals surface area contributed by atoms with Crippen molar-refractivity contribution in [1.82, 2.24) is 14.9 Å². The van der Waals surface area contributed by atoms with Crippen LogP contribution >= 0.6 is 0 Å². The van der Waals surface area contributed by atoms with Crippen molar-refractivity contribution in [1.29, 1.82) is 0 Å². The molecule has 1 unspecified atom stereocenters. The Morgan fingerprint density at radius 2 is 2.15 bits per heavy atom. The molecule has 2 N–H and O–H groups in total. The highest BCUT2D eigenvalue weighted by Crippen LogP contribution is 2.33. The first-order valence-electron chi connectivity index (χ1n) is 9.76. The number of hydrogen-bond donors (Lipinski definition) is 1. The van der Waals surface area contributed by atoms with E-state index in [2.05, 4.69) is 21.8 Å². The maximum Gasteiger partial charge on any atom is 0.163 e. The summed E-state index contributed by atoms with van der Waals surface area (Å²) in [5, 5.41) is 0.759. The number of aromatic nitrogens is 2. The second-order valence-corrected chi connectivity index (χ2v) is 6.94.